The van der Waals surface area contributed by atoms with Crippen LogP contribution in [0.1, 0.15) is 13.3 Å². The lowest BCUT2D eigenvalue weighted by molar-refractivity contribution is 0.329. The molecular weight excluding hydrogens is 284 g/mol. The Morgan fingerprint density at radius 3 is 2.89 bits per heavy atom. The fraction of sp³-hybridized carbons (Fsp3) is 0.455. The number of rotatable bonds is 2. The maximum Gasteiger partial charge on any atom is 0.152 e. The van der Waals surface area contributed by atoms with E-state index in [2.05, 4.69) is 10.1 Å². The van der Waals surface area contributed by atoms with Crippen molar-refractivity contribution < 1.29 is 8.42 Å². The molecule has 1 aliphatic rings. The van der Waals surface area contributed by atoms with Crippen LogP contribution in [0.3, 0.4) is 0 Å². The highest BCUT2D eigenvalue weighted by atomic mass is 32.2. The van der Waals surface area contributed by atoms with Crippen LogP contribution in [-0.4, -0.2) is 34.7 Å². The van der Waals surface area contributed by atoms with Crippen LogP contribution in [0.25, 0.3) is 10.7 Å². The molecule has 2 aromatic rings. The molecule has 2 aromatic heterocycles. The number of aromatic nitrogens is 3. The molecule has 6 nitrogen and oxygen atoms in total. The molecule has 0 bridgehead atoms. The molecule has 1 unspecified atom stereocenters. The molecule has 3 heterocycles. The summed E-state index contributed by atoms with van der Waals surface area (Å²) in [4.78, 5) is 4.18. The fourth-order valence-electron chi connectivity index (χ4n) is 2.34. The Balaban J connectivity index is 2.02. The predicted molar refractivity (Wildman–Crippen MR) is 74.7 cm³/mol. The van der Waals surface area contributed by atoms with Gasteiger partial charge in [0.1, 0.15) is 10.7 Å². The largest absolute Gasteiger partial charge is 0.396 e. The summed E-state index contributed by atoms with van der Waals surface area (Å²) >= 11 is 1.46. The minimum Gasteiger partial charge on any atom is -0.396 e. The summed E-state index contributed by atoms with van der Waals surface area (Å²) in [5, 5.41) is 7.05. The number of nitrogens with two attached hydrogens (primary N) is 1. The number of hydrogen-bond acceptors (Lipinski definition) is 6. The molecule has 0 spiro atoms. The maximum atomic E-state index is 11.7. The molecule has 3 rings (SSSR count). The average Bonchev–Trinajstić information content (AvgIpc) is 2.98. The Bertz CT molecular complexity index is 705. The molecule has 1 atom stereocenters. The van der Waals surface area contributed by atoms with Gasteiger partial charge in [-0.1, -0.05) is 0 Å². The van der Waals surface area contributed by atoms with Gasteiger partial charge in [0.05, 0.1) is 22.7 Å². The molecule has 1 aliphatic heterocycles. The Kier molecular flexibility index (Phi) is 2.68. The van der Waals surface area contributed by atoms with Crippen LogP contribution >= 0.6 is 11.3 Å². The summed E-state index contributed by atoms with van der Waals surface area (Å²) in [5.41, 5.74) is 6.60. The zero-order chi connectivity index (χ0) is 13.7. The van der Waals surface area contributed by atoms with E-state index in [1.54, 1.807) is 17.1 Å². The lowest BCUT2D eigenvalue weighted by Gasteiger charge is -2.22. The van der Waals surface area contributed by atoms with Crippen molar-refractivity contribution in [3.8, 4) is 10.7 Å². The molecule has 0 radical (unpaired) electrons. The van der Waals surface area contributed by atoms with Crippen LogP contribution in [-0.2, 0) is 15.4 Å². The van der Waals surface area contributed by atoms with Gasteiger partial charge in [-0.2, -0.15) is 5.10 Å². The van der Waals surface area contributed by atoms with Gasteiger partial charge < -0.3 is 5.73 Å². The summed E-state index contributed by atoms with van der Waals surface area (Å²) in [6, 6.07) is 0. The SMILES string of the molecule is CC1(n2cc(N)c(-c3nccs3)n2)CCS(=O)(=O)C1. The van der Waals surface area contributed by atoms with Crippen LogP contribution in [0.15, 0.2) is 17.8 Å². The Labute approximate surface area is 115 Å². The van der Waals surface area contributed by atoms with Gasteiger partial charge in [-0.3, -0.25) is 4.68 Å². The predicted octanol–water partition coefficient (Wildman–Crippen LogP) is 1.12. The molecule has 19 heavy (non-hydrogen) atoms. The van der Waals surface area contributed by atoms with E-state index in [1.165, 1.54) is 11.3 Å². The van der Waals surface area contributed by atoms with Crippen LogP contribution < -0.4 is 5.73 Å². The number of hydrogen-bond donors (Lipinski definition) is 1. The minimum atomic E-state index is -2.97. The van der Waals surface area contributed by atoms with Crippen molar-refractivity contribution in [2.75, 3.05) is 17.2 Å². The standard InChI is InChI=1S/C11H14N4O2S2/c1-11(2-5-19(16,17)7-11)15-6-8(12)9(14-15)10-13-3-4-18-10/h3-4,6H,2,5,7,12H2,1H3. The fourth-order valence-corrected chi connectivity index (χ4v) is 5.11. The Hall–Kier alpha value is -1.41. The van der Waals surface area contributed by atoms with E-state index in [0.29, 0.717) is 17.8 Å². The summed E-state index contributed by atoms with van der Waals surface area (Å²) < 4.78 is 25.0. The number of thiazole rings is 1. The Morgan fingerprint density at radius 1 is 1.53 bits per heavy atom. The lowest BCUT2D eigenvalue weighted by Crippen LogP contribution is -2.31. The summed E-state index contributed by atoms with van der Waals surface area (Å²) in [6.45, 7) is 1.90. The molecule has 8 heteroatoms. The van der Waals surface area contributed by atoms with Crippen LogP contribution in [0.2, 0.25) is 0 Å². The van der Waals surface area contributed by atoms with Crippen LogP contribution in [0, 0.1) is 0 Å². The maximum absolute atomic E-state index is 11.7. The van der Waals surface area contributed by atoms with Gasteiger partial charge in [0.25, 0.3) is 0 Å². The van der Waals surface area contributed by atoms with Crippen LogP contribution in [0.5, 0.6) is 0 Å². The van der Waals surface area contributed by atoms with Gasteiger partial charge in [0, 0.05) is 17.8 Å². The smallest absolute Gasteiger partial charge is 0.152 e. The van der Waals surface area contributed by atoms with Crippen molar-refractivity contribution in [1.29, 1.82) is 0 Å². The second-order valence-electron chi connectivity index (χ2n) is 5.05. The van der Waals surface area contributed by atoms with Crippen molar-refractivity contribution in [1.82, 2.24) is 14.8 Å². The second-order valence-corrected chi connectivity index (χ2v) is 8.13. The van der Waals surface area contributed by atoms with E-state index in [-0.39, 0.29) is 11.5 Å². The average molecular weight is 298 g/mol. The molecular formula is C11H14N4O2S2. The topological polar surface area (TPSA) is 90.9 Å². The highest BCUT2D eigenvalue weighted by Gasteiger charge is 2.41. The van der Waals surface area contributed by atoms with Gasteiger partial charge in [-0.15, -0.1) is 11.3 Å². The number of nitrogen functional groups attached to an aromatic ring is 1. The highest BCUT2D eigenvalue weighted by Crippen LogP contribution is 2.34. The molecule has 0 aromatic carbocycles. The monoisotopic (exact) mass is 298 g/mol. The van der Waals surface area contributed by atoms with Crippen LogP contribution in [0.4, 0.5) is 5.69 Å². The van der Waals surface area contributed by atoms with Gasteiger partial charge in [-0.05, 0) is 13.3 Å². The van der Waals surface area contributed by atoms with Gasteiger partial charge in [0.15, 0.2) is 9.84 Å². The number of anilines is 1. The molecule has 102 valence electrons. The zero-order valence-corrected chi connectivity index (χ0v) is 12.0. The van der Waals surface area contributed by atoms with Gasteiger partial charge in [-0.25, -0.2) is 13.4 Å². The summed E-state index contributed by atoms with van der Waals surface area (Å²) in [5.74, 6) is 0.314. The van der Waals surface area contributed by atoms with E-state index in [1.807, 2.05) is 12.3 Å². The van der Waals surface area contributed by atoms with Crippen molar-refractivity contribution >= 4 is 26.9 Å². The number of sulfone groups is 1. The molecule has 0 saturated carbocycles. The van der Waals surface area contributed by atoms with Crippen molar-refractivity contribution in [3.63, 3.8) is 0 Å². The van der Waals surface area contributed by atoms with E-state index in [0.717, 1.165) is 5.01 Å². The first-order valence-electron chi connectivity index (χ1n) is 5.86. The second kappa shape index (κ2) is 4.04. The van der Waals surface area contributed by atoms with Gasteiger partial charge >= 0.3 is 0 Å². The molecule has 0 amide bonds. The molecule has 2 N–H and O–H groups in total. The Morgan fingerprint density at radius 2 is 2.32 bits per heavy atom. The normalized spacial score (nSPS) is 25.7. The third-order valence-corrected chi connectivity index (χ3v) is 6.08. The molecule has 0 aliphatic carbocycles. The van der Waals surface area contributed by atoms with Crippen molar-refractivity contribution in [3.05, 3.63) is 17.8 Å². The van der Waals surface area contributed by atoms with E-state index in [9.17, 15) is 8.42 Å². The third-order valence-electron chi connectivity index (χ3n) is 3.41. The number of nitrogens with zero attached hydrogens (tertiary/aromatic N) is 3. The first-order valence-corrected chi connectivity index (χ1v) is 8.56. The summed E-state index contributed by atoms with van der Waals surface area (Å²) in [6.07, 6.45) is 3.96. The first-order chi connectivity index (χ1) is 8.90. The van der Waals surface area contributed by atoms with Gasteiger partial charge in [0.2, 0.25) is 0 Å². The van der Waals surface area contributed by atoms with E-state index < -0.39 is 15.4 Å². The molecule has 1 fully saturated rings. The molecule has 1 saturated heterocycles. The van der Waals surface area contributed by atoms with E-state index >= 15 is 0 Å². The first kappa shape index (κ1) is 12.6. The summed E-state index contributed by atoms with van der Waals surface area (Å²) in [7, 11) is -2.97. The highest BCUT2D eigenvalue weighted by molar-refractivity contribution is 7.91. The third kappa shape index (κ3) is 2.14. The zero-order valence-electron chi connectivity index (χ0n) is 10.4. The lowest BCUT2D eigenvalue weighted by atomic mass is 10.0. The minimum absolute atomic E-state index is 0.110. The quantitative estimate of drug-likeness (QED) is 0.897. The van der Waals surface area contributed by atoms with Crippen molar-refractivity contribution in [2.24, 2.45) is 0 Å². The van der Waals surface area contributed by atoms with Crippen molar-refractivity contribution in [2.45, 2.75) is 18.9 Å². The van der Waals surface area contributed by atoms with E-state index in [4.69, 9.17) is 5.73 Å².